The molecule has 0 atom stereocenters. The van der Waals surface area contributed by atoms with Gasteiger partial charge < -0.3 is 9.47 Å². The summed E-state index contributed by atoms with van der Waals surface area (Å²) < 4.78 is 12.3. The molecule has 1 aliphatic rings. The van der Waals surface area contributed by atoms with E-state index >= 15 is 0 Å². The van der Waals surface area contributed by atoms with Crippen LogP contribution in [0.2, 0.25) is 0 Å². The molecule has 94 valence electrons. The van der Waals surface area contributed by atoms with Crippen molar-refractivity contribution < 1.29 is 9.47 Å². The third kappa shape index (κ3) is 1.93. The number of hydrogen-bond donors (Lipinski definition) is 0. The van der Waals surface area contributed by atoms with Crippen LogP contribution in [0.3, 0.4) is 0 Å². The third-order valence-corrected chi connectivity index (χ3v) is 2.87. The molecule has 0 amide bonds. The number of benzene rings is 1. The quantitative estimate of drug-likeness (QED) is 0.773. The van der Waals surface area contributed by atoms with Gasteiger partial charge in [0.15, 0.2) is 11.5 Å². The van der Waals surface area contributed by atoms with Gasteiger partial charge in [0, 0.05) is 12.3 Å². The van der Waals surface area contributed by atoms with Crippen LogP contribution in [0.15, 0.2) is 41.3 Å². The smallest absolute Gasteiger partial charge is 0.272 e. The van der Waals surface area contributed by atoms with Crippen LogP contribution in [-0.4, -0.2) is 17.8 Å². The number of aromatic nitrogens is 1. The highest BCUT2D eigenvalue weighted by Crippen LogP contribution is 2.31. The number of nitriles is 1. The molecule has 5 heteroatoms. The number of fused-ring (bicyclic) bond motifs is 1. The van der Waals surface area contributed by atoms with Crippen LogP contribution in [-0.2, 0) is 0 Å². The maximum absolute atomic E-state index is 12.0. The summed E-state index contributed by atoms with van der Waals surface area (Å²) in [4.78, 5) is 12.0. The Balaban J connectivity index is 2.13. The highest BCUT2D eigenvalue weighted by molar-refractivity contribution is 5.50. The van der Waals surface area contributed by atoms with Crippen molar-refractivity contribution in [3.63, 3.8) is 0 Å². The molecule has 1 aromatic heterocycles. The number of nitrogens with zero attached hydrogens (tertiary/aromatic N) is 2. The second-order valence-electron chi connectivity index (χ2n) is 4.04. The van der Waals surface area contributed by atoms with Gasteiger partial charge in [0.05, 0.1) is 5.69 Å². The second kappa shape index (κ2) is 4.50. The van der Waals surface area contributed by atoms with Crippen LogP contribution in [0.5, 0.6) is 11.5 Å². The van der Waals surface area contributed by atoms with Crippen molar-refractivity contribution in [2.24, 2.45) is 0 Å². The fourth-order valence-electron chi connectivity index (χ4n) is 1.96. The summed E-state index contributed by atoms with van der Waals surface area (Å²) in [7, 11) is 0. The molecule has 2 aromatic rings. The van der Waals surface area contributed by atoms with Gasteiger partial charge in [0.2, 0.25) is 0 Å². The van der Waals surface area contributed by atoms with Crippen LogP contribution in [0.4, 0.5) is 0 Å². The van der Waals surface area contributed by atoms with Gasteiger partial charge in [0.1, 0.15) is 24.8 Å². The Morgan fingerprint density at radius 2 is 1.95 bits per heavy atom. The molecule has 0 unspecified atom stereocenters. The van der Waals surface area contributed by atoms with Crippen LogP contribution in [0, 0.1) is 11.3 Å². The van der Waals surface area contributed by atoms with Crippen LogP contribution >= 0.6 is 0 Å². The van der Waals surface area contributed by atoms with Gasteiger partial charge in [0.25, 0.3) is 5.56 Å². The molecule has 1 aromatic carbocycles. The van der Waals surface area contributed by atoms with Gasteiger partial charge >= 0.3 is 0 Å². The Kier molecular flexibility index (Phi) is 2.69. The lowest BCUT2D eigenvalue weighted by molar-refractivity contribution is 0.171. The summed E-state index contributed by atoms with van der Waals surface area (Å²) in [5.74, 6) is 1.28. The van der Waals surface area contributed by atoms with Gasteiger partial charge in [-0.05, 0) is 24.3 Å². The molecule has 5 nitrogen and oxygen atoms in total. The maximum atomic E-state index is 12.0. The van der Waals surface area contributed by atoms with Crippen molar-refractivity contribution >= 4 is 0 Å². The van der Waals surface area contributed by atoms with Crippen molar-refractivity contribution in [1.29, 1.82) is 5.26 Å². The fraction of sp³-hybridized carbons (Fsp3) is 0.143. The number of ether oxygens (including phenoxy) is 2. The van der Waals surface area contributed by atoms with E-state index in [1.54, 1.807) is 30.5 Å². The van der Waals surface area contributed by atoms with E-state index in [0.717, 1.165) is 0 Å². The largest absolute Gasteiger partial charge is 0.486 e. The molecule has 0 saturated carbocycles. The standard InChI is InChI=1S/C14H10N2O3/c15-9-10-2-1-5-16(14(10)17)11-3-4-12-13(8-11)19-7-6-18-12/h1-5,8H,6-7H2. The zero-order valence-electron chi connectivity index (χ0n) is 10.00. The SMILES string of the molecule is N#Cc1cccn(-c2ccc3c(c2)OCCO3)c1=O. The van der Waals surface area contributed by atoms with E-state index in [0.29, 0.717) is 30.4 Å². The summed E-state index contributed by atoms with van der Waals surface area (Å²) in [5, 5.41) is 8.87. The summed E-state index contributed by atoms with van der Waals surface area (Å²) in [6.07, 6.45) is 1.62. The first-order chi connectivity index (χ1) is 9.29. The van der Waals surface area contributed by atoms with E-state index in [9.17, 15) is 4.79 Å². The minimum absolute atomic E-state index is 0.109. The second-order valence-corrected chi connectivity index (χ2v) is 4.04. The van der Waals surface area contributed by atoms with Gasteiger partial charge in [-0.3, -0.25) is 9.36 Å². The average Bonchev–Trinajstić information content (AvgIpc) is 2.47. The van der Waals surface area contributed by atoms with Gasteiger partial charge in [-0.2, -0.15) is 5.26 Å². The molecule has 2 heterocycles. The Bertz CT molecular complexity index is 728. The predicted octanol–water partition coefficient (Wildman–Crippen LogP) is 1.48. The van der Waals surface area contributed by atoms with Crippen LogP contribution in [0.1, 0.15) is 5.56 Å². The first-order valence-corrected chi connectivity index (χ1v) is 5.81. The van der Waals surface area contributed by atoms with E-state index < -0.39 is 0 Å². The van der Waals surface area contributed by atoms with Crippen molar-refractivity contribution in [3.05, 3.63) is 52.4 Å². The minimum Gasteiger partial charge on any atom is -0.486 e. The fourth-order valence-corrected chi connectivity index (χ4v) is 1.96. The summed E-state index contributed by atoms with van der Waals surface area (Å²) in [5.41, 5.74) is 0.408. The monoisotopic (exact) mass is 254 g/mol. The Morgan fingerprint density at radius 1 is 1.16 bits per heavy atom. The summed E-state index contributed by atoms with van der Waals surface area (Å²) in [6, 6.07) is 10.3. The van der Waals surface area contributed by atoms with Gasteiger partial charge in [-0.1, -0.05) is 0 Å². The normalized spacial score (nSPS) is 12.8. The molecule has 19 heavy (non-hydrogen) atoms. The predicted molar refractivity (Wildman–Crippen MR) is 67.7 cm³/mol. The molecule has 3 rings (SSSR count). The van der Waals surface area contributed by atoms with Crippen molar-refractivity contribution in [3.8, 4) is 23.3 Å². The number of rotatable bonds is 1. The number of hydrogen-bond acceptors (Lipinski definition) is 4. The van der Waals surface area contributed by atoms with Crippen LogP contribution < -0.4 is 15.0 Å². The lowest BCUT2D eigenvalue weighted by Gasteiger charge is -2.19. The Morgan fingerprint density at radius 3 is 2.74 bits per heavy atom. The van der Waals surface area contributed by atoms with Crippen molar-refractivity contribution in [2.45, 2.75) is 0 Å². The van der Waals surface area contributed by atoms with E-state index in [1.165, 1.54) is 10.6 Å². The van der Waals surface area contributed by atoms with Crippen molar-refractivity contribution in [2.75, 3.05) is 13.2 Å². The topological polar surface area (TPSA) is 64.2 Å². The molecule has 1 aliphatic heterocycles. The Labute approximate surface area is 109 Å². The molecule has 0 saturated heterocycles. The van der Waals surface area contributed by atoms with Gasteiger partial charge in [-0.25, -0.2) is 0 Å². The minimum atomic E-state index is -0.346. The lowest BCUT2D eigenvalue weighted by atomic mass is 10.2. The van der Waals surface area contributed by atoms with Gasteiger partial charge in [-0.15, -0.1) is 0 Å². The molecule has 0 radical (unpaired) electrons. The number of pyridine rings is 1. The molecule has 0 N–H and O–H groups in total. The highest BCUT2D eigenvalue weighted by atomic mass is 16.6. The maximum Gasteiger partial charge on any atom is 0.272 e. The molecular weight excluding hydrogens is 244 g/mol. The zero-order chi connectivity index (χ0) is 13.2. The van der Waals surface area contributed by atoms with Crippen LogP contribution in [0.25, 0.3) is 5.69 Å². The average molecular weight is 254 g/mol. The lowest BCUT2D eigenvalue weighted by Crippen LogP contribution is -2.20. The highest BCUT2D eigenvalue weighted by Gasteiger charge is 2.13. The zero-order valence-corrected chi connectivity index (χ0v) is 10.00. The van der Waals surface area contributed by atoms with E-state index in [2.05, 4.69) is 0 Å². The van der Waals surface area contributed by atoms with E-state index in [1.807, 2.05) is 6.07 Å². The Hall–Kier alpha value is -2.74. The molecule has 0 aliphatic carbocycles. The first kappa shape index (κ1) is 11.4. The third-order valence-electron chi connectivity index (χ3n) is 2.87. The molecule has 0 fully saturated rings. The van der Waals surface area contributed by atoms with E-state index in [4.69, 9.17) is 14.7 Å². The summed E-state index contributed by atoms with van der Waals surface area (Å²) >= 11 is 0. The molecule has 0 spiro atoms. The summed E-state index contributed by atoms with van der Waals surface area (Å²) in [6.45, 7) is 1.01. The van der Waals surface area contributed by atoms with E-state index in [-0.39, 0.29) is 11.1 Å². The molecule has 0 bridgehead atoms. The van der Waals surface area contributed by atoms with Crippen molar-refractivity contribution in [1.82, 2.24) is 4.57 Å². The molecular formula is C14H10N2O3. The first-order valence-electron chi connectivity index (χ1n) is 5.81.